The first kappa shape index (κ1) is 10.8. The molecule has 0 bridgehead atoms. The van der Waals surface area contributed by atoms with Crippen LogP contribution in [0.2, 0.25) is 5.02 Å². The quantitative estimate of drug-likeness (QED) is 0.808. The molecule has 1 atom stereocenters. The van der Waals surface area contributed by atoms with Gasteiger partial charge < -0.3 is 10.0 Å². The Morgan fingerprint density at radius 2 is 2.27 bits per heavy atom. The van der Waals surface area contributed by atoms with Crippen LogP contribution in [0, 0.1) is 0 Å². The number of carbonyl (C=O) groups excluding carboxylic acids is 1. The third-order valence-corrected chi connectivity index (χ3v) is 3.15. The third kappa shape index (κ3) is 2.11. The molecule has 1 fully saturated rings. The highest BCUT2D eigenvalue weighted by atomic mass is 79.9. The lowest BCUT2D eigenvalue weighted by atomic mass is 10.2. The fourth-order valence-corrected chi connectivity index (χ4v) is 2.34. The molecule has 1 aliphatic rings. The van der Waals surface area contributed by atoms with Crippen LogP contribution in [0.5, 0.6) is 5.75 Å². The summed E-state index contributed by atoms with van der Waals surface area (Å²) < 4.78 is 0. The van der Waals surface area contributed by atoms with Gasteiger partial charge in [-0.2, -0.15) is 0 Å². The zero-order valence-electron chi connectivity index (χ0n) is 7.78. The molecule has 1 aromatic carbocycles. The Balaban J connectivity index is 2.37. The second kappa shape index (κ2) is 4.02. The van der Waals surface area contributed by atoms with Crippen molar-refractivity contribution in [3.63, 3.8) is 0 Å². The average molecular weight is 291 g/mol. The Hall–Kier alpha value is -0.740. The molecule has 1 amide bonds. The Kier molecular flexibility index (Phi) is 2.89. The van der Waals surface area contributed by atoms with E-state index in [0.29, 0.717) is 23.7 Å². The lowest BCUT2D eigenvalue weighted by Crippen LogP contribution is -2.24. The summed E-state index contributed by atoms with van der Waals surface area (Å²) in [7, 11) is 0. The zero-order valence-corrected chi connectivity index (χ0v) is 10.1. The van der Waals surface area contributed by atoms with Crippen LogP contribution in [0.3, 0.4) is 0 Å². The molecular formula is C10H9BrClNO2. The number of aromatic hydroxyl groups is 1. The number of halogens is 2. The Morgan fingerprint density at radius 1 is 1.53 bits per heavy atom. The standard InChI is InChI=1S/C10H9BrClNO2/c11-6-3-10(15)13(5-6)8-4-7(12)1-2-9(8)14/h1-2,4,6,14H,3,5H2. The van der Waals surface area contributed by atoms with Gasteiger partial charge in [0.15, 0.2) is 0 Å². The van der Waals surface area contributed by atoms with E-state index in [1.807, 2.05) is 0 Å². The largest absolute Gasteiger partial charge is 0.506 e. The summed E-state index contributed by atoms with van der Waals surface area (Å²) in [5.41, 5.74) is 0.481. The second-order valence-electron chi connectivity index (χ2n) is 3.44. The highest BCUT2D eigenvalue weighted by Gasteiger charge is 2.30. The van der Waals surface area contributed by atoms with Gasteiger partial charge in [-0.1, -0.05) is 27.5 Å². The molecule has 1 unspecified atom stereocenters. The predicted molar refractivity (Wildman–Crippen MR) is 62.8 cm³/mol. The van der Waals surface area contributed by atoms with E-state index in [0.717, 1.165) is 0 Å². The van der Waals surface area contributed by atoms with Crippen LogP contribution in [-0.2, 0) is 4.79 Å². The minimum atomic E-state index is -0.00515. The number of anilines is 1. The van der Waals surface area contributed by atoms with Crippen molar-refractivity contribution in [2.24, 2.45) is 0 Å². The van der Waals surface area contributed by atoms with E-state index in [9.17, 15) is 9.90 Å². The Morgan fingerprint density at radius 3 is 2.87 bits per heavy atom. The van der Waals surface area contributed by atoms with Gasteiger partial charge in [0, 0.05) is 22.8 Å². The number of alkyl halides is 1. The molecule has 0 radical (unpaired) electrons. The molecule has 5 heteroatoms. The summed E-state index contributed by atoms with van der Waals surface area (Å²) in [5, 5.41) is 10.1. The van der Waals surface area contributed by atoms with Gasteiger partial charge in [0.25, 0.3) is 0 Å². The Bertz CT molecular complexity index is 410. The number of phenols is 1. The van der Waals surface area contributed by atoms with Crippen molar-refractivity contribution in [1.82, 2.24) is 0 Å². The lowest BCUT2D eigenvalue weighted by Gasteiger charge is -2.17. The van der Waals surface area contributed by atoms with Gasteiger partial charge in [-0.05, 0) is 18.2 Å². The van der Waals surface area contributed by atoms with Gasteiger partial charge in [0.2, 0.25) is 5.91 Å². The fourth-order valence-electron chi connectivity index (χ4n) is 1.61. The maximum atomic E-state index is 11.6. The van der Waals surface area contributed by atoms with E-state index < -0.39 is 0 Å². The van der Waals surface area contributed by atoms with Gasteiger partial charge in [0.1, 0.15) is 5.75 Å². The van der Waals surface area contributed by atoms with Gasteiger partial charge in [0.05, 0.1) is 5.69 Å². The summed E-state index contributed by atoms with van der Waals surface area (Å²) in [6.07, 6.45) is 0.450. The molecule has 0 aliphatic carbocycles. The molecular weight excluding hydrogens is 281 g/mol. The smallest absolute Gasteiger partial charge is 0.228 e. The van der Waals surface area contributed by atoms with Crippen LogP contribution in [0.25, 0.3) is 0 Å². The first-order valence-corrected chi connectivity index (χ1v) is 5.80. The van der Waals surface area contributed by atoms with Crippen molar-refractivity contribution in [1.29, 1.82) is 0 Å². The molecule has 0 saturated carbocycles. The number of benzene rings is 1. The van der Waals surface area contributed by atoms with Crippen LogP contribution in [0.4, 0.5) is 5.69 Å². The van der Waals surface area contributed by atoms with Crippen molar-refractivity contribution in [2.75, 3.05) is 11.4 Å². The topological polar surface area (TPSA) is 40.5 Å². The maximum Gasteiger partial charge on any atom is 0.228 e. The summed E-state index contributed by atoms with van der Waals surface area (Å²) >= 11 is 9.20. The van der Waals surface area contributed by atoms with Crippen LogP contribution in [-0.4, -0.2) is 22.4 Å². The van der Waals surface area contributed by atoms with Crippen molar-refractivity contribution in [2.45, 2.75) is 11.2 Å². The lowest BCUT2D eigenvalue weighted by molar-refractivity contribution is -0.117. The summed E-state index contributed by atoms with van der Waals surface area (Å²) in [6, 6.07) is 4.68. The number of carbonyl (C=O) groups is 1. The van der Waals surface area contributed by atoms with Gasteiger partial charge in [-0.15, -0.1) is 0 Å². The number of hydrogen-bond acceptors (Lipinski definition) is 2. The van der Waals surface area contributed by atoms with Crippen LogP contribution in [0.15, 0.2) is 18.2 Å². The van der Waals surface area contributed by atoms with Gasteiger partial charge in [-0.25, -0.2) is 0 Å². The predicted octanol–water partition coefficient (Wildman–Crippen LogP) is 2.55. The van der Waals surface area contributed by atoms with Crippen LogP contribution in [0.1, 0.15) is 6.42 Å². The summed E-state index contributed by atoms with van der Waals surface area (Å²) in [5.74, 6) is 0.0730. The Labute approximate surface area is 101 Å². The van der Waals surface area contributed by atoms with E-state index >= 15 is 0 Å². The molecule has 1 aromatic rings. The number of rotatable bonds is 1. The van der Waals surface area contributed by atoms with E-state index in [-0.39, 0.29) is 16.5 Å². The van der Waals surface area contributed by atoms with Crippen molar-refractivity contribution >= 4 is 39.1 Å². The molecule has 1 saturated heterocycles. The van der Waals surface area contributed by atoms with Crippen molar-refractivity contribution < 1.29 is 9.90 Å². The molecule has 0 spiro atoms. The monoisotopic (exact) mass is 289 g/mol. The van der Waals surface area contributed by atoms with E-state index in [4.69, 9.17) is 11.6 Å². The molecule has 2 rings (SSSR count). The average Bonchev–Trinajstić information content (AvgIpc) is 2.50. The normalized spacial score (nSPS) is 21.1. The molecule has 1 aliphatic heterocycles. The van der Waals surface area contributed by atoms with Crippen molar-refractivity contribution in [3.8, 4) is 5.75 Å². The maximum absolute atomic E-state index is 11.6. The molecule has 3 nitrogen and oxygen atoms in total. The van der Waals surface area contributed by atoms with E-state index in [2.05, 4.69) is 15.9 Å². The molecule has 80 valence electrons. The number of amides is 1. The first-order valence-electron chi connectivity index (χ1n) is 4.51. The minimum Gasteiger partial charge on any atom is -0.506 e. The van der Waals surface area contributed by atoms with Gasteiger partial charge >= 0.3 is 0 Å². The van der Waals surface area contributed by atoms with E-state index in [1.165, 1.54) is 6.07 Å². The molecule has 1 N–H and O–H groups in total. The van der Waals surface area contributed by atoms with Gasteiger partial charge in [-0.3, -0.25) is 4.79 Å². The highest BCUT2D eigenvalue weighted by Crippen LogP contribution is 2.34. The third-order valence-electron chi connectivity index (χ3n) is 2.31. The van der Waals surface area contributed by atoms with E-state index in [1.54, 1.807) is 17.0 Å². The summed E-state index contributed by atoms with van der Waals surface area (Å²) in [6.45, 7) is 0.562. The second-order valence-corrected chi connectivity index (χ2v) is 5.17. The molecule has 1 heterocycles. The van der Waals surface area contributed by atoms with Crippen LogP contribution >= 0.6 is 27.5 Å². The zero-order chi connectivity index (χ0) is 11.0. The SMILES string of the molecule is O=C1CC(Br)CN1c1cc(Cl)ccc1O. The first-order chi connectivity index (χ1) is 7.08. The van der Waals surface area contributed by atoms with Crippen LogP contribution < -0.4 is 4.90 Å². The highest BCUT2D eigenvalue weighted by molar-refractivity contribution is 9.09. The molecule has 0 aromatic heterocycles. The number of hydrogen-bond donors (Lipinski definition) is 1. The van der Waals surface area contributed by atoms with Crippen molar-refractivity contribution in [3.05, 3.63) is 23.2 Å². The fraction of sp³-hybridized carbons (Fsp3) is 0.300. The number of nitrogens with zero attached hydrogens (tertiary/aromatic N) is 1. The number of phenolic OH excluding ortho intramolecular Hbond substituents is 1. The summed E-state index contributed by atoms with van der Waals surface area (Å²) in [4.78, 5) is 13.3. The molecule has 15 heavy (non-hydrogen) atoms. The minimum absolute atomic E-state index is 0.00515.